The van der Waals surface area contributed by atoms with Crippen LogP contribution >= 0.6 is 0 Å². The molecule has 0 bridgehead atoms. The highest BCUT2D eigenvalue weighted by Crippen LogP contribution is 2.40. The summed E-state index contributed by atoms with van der Waals surface area (Å²) >= 11 is 0. The second-order valence-corrected chi connectivity index (χ2v) is 20.3. The Hall–Kier alpha value is -10.0. The third kappa shape index (κ3) is 10.00. The first-order valence-electron chi connectivity index (χ1n) is 26.9. The van der Waals surface area contributed by atoms with Crippen molar-refractivity contribution in [3.63, 3.8) is 0 Å². The minimum atomic E-state index is 0.103. The summed E-state index contributed by atoms with van der Waals surface area (Å²) in [4.78, 5) is 19.9. The van der Waals surface area contributed by atoms with Gasteiger partial charge in [-0.2, -0.15) is 0 Å². The predicted octanol–water partition coefficient (Wildman–Crippen LogP) is 18.9. The van der Waals surface area contributed by atoms with Crippen LogP contribution in [-0.4, -0.2) is 26.3 Å². The van der Waals surface area contributed by atoms with Crippen LogP contribution in [0.4, 0.5) is 0 Å². The fourth-order valence-corrected chi connectivity index (χ4v) is 10.8. The number of nitrogens with zero attached hydrogens (tertiary/aromatic N) is 4. The second kappa shape index (κ2) is 21.2. The van der Waals surface area contributed by atoms with Crippen molar-refractivity contribution >= 4 is 39.4 Å². The molecule has 0 spiro atoms. The lowest BCUT2D eigenvalue weighted by Gasteiger charge is -2.16. The van der Waals surface area contributed by atoms with E-state index in [1.165, 1.54) is 0 Å². The maximum absolute atomic E-state index is 10.2. The number of furan rings is 1. The Morgan fingerprint density at radius 1 is 0.544 bits per heavy atom. The van der Waals surface area contributed by atoms with Crippen LogP contribution in [0.15, 0.2) is 259 Å². The highest BCUT2D eigenvalue weighted by molar-refractivity contribution is 6.13. The predicted molar refractivity (Wildman–Crippen MR) is 327 cm³/mol. The van der Waals surface area contributed by atoms with E-state index in [1.54, 1.807) is 6.07 Å². The molecule has 6 nitrogen and oxygen atoms in total. The normalized spacial score (nSPS) is 14.1. The summed E-state index contributed by atoms with van der Waals surface area (Å²) in [5.74, 6) is 2.64. The van der Waals surface area contributed by atoms with Gasteiger partial charge in [-0.05, 0) is 146 Å². The molecule has 13 rings (SSSR count). The molecule has 11 aromatic rings. The molecule has 0 fully saturated rings. The fraction of sp³-hybridized carbons (Fsp3) is 0.0685. The van der Waals surface area contributed by atoms with E-state index in [0.717, 1.165) is 147 Å². The average Bonchev–Trinajstić information content (AvgIpc) is 4.18. The topological polar surface area (TPSA) is 84.4 Å². The zero-order valence-electron chi connectivity index (χ0n) is 43.7. The lowest BCUT2D eigenvalue weighted by Crippen LogP contribution is -2.09. The van der Waals surface area contributed by atoms with Crippen molar-refractivity contribution in [1.29, 1.82) is 0 Å². The molecule has 2 aliphatic carbocycles. The first-order valence-corrected chi connectivity index (χ1v) is 26.9. The minimum absolute atomic E-state index is 0.103. The zero-order chi connectivity index (χ0) is 53.2. The Morgan fingerprint density at radius 3 is 1.85 bits per heavy atom. The molecular weight excluding hydrogens is 965 g/mol. The van der Waals surface area contributed by atoms with E-state index in [4.69, 9.17) is 24.4 Å². The van der Waals surface area contributed by atoms with Crippen molar-refractivity contribution in [1.82, 2.24) is 15.0 Å². The van der Waals surface area contributed by atoms with Gasteiger partial charge in [0.1, 0.15) is 22.7 Å². The first-order chi connectivity index (χ1) is 38.8. The molecule has 0 saturated heterocycles. The van der Waals surface area contributed by atoms with Crippen molar-refractivity contribution in [2.24, 2.45) is 4.99 Å². The fourth-order valence-electron chi connectivity index (χ4n) is 10.8. The molecule has 1 N–H and O–H groups in total. The van der Waals surface area contributed by atoms with Crippen molar-refractivity contribution in [3.05, 3.63) is 278 Å². The van der Waals surface area contributed by atoms with Gasteiger partial charge in [0.15, 0.2) is 11.6 Å². The number of aromatic hydroxyl groups is 1. The number of aliphatic imine (C=N–C) groups is 1. The maximum Gasteiger partial charge on any atom is 0.163 e. The van der Waals surface area contributed by atoms with Gasteiger partial charge in [-0.25, -0.2) is 15.0 Å². The lowest BCUT2D eigenvalue weighted by atomic mass is 9.95. The molecule has 2 aliphatic rings. The van der Waals surface area contributed by atoms with E-state index < -0.39 is 0 Å². The van der Waals surface area contributed by atoms with Gasteiger partial charge in [-0.3, -0.25) is 4.99 Å². The molecule has 0 saturated carbocycles. The molecule has 2 heterocycles. The first kappa shape index (κ1) is 48.6. The minimum Gasteiger partial charge on any atom is -0.508 e. The standard InChI is InChI=1S/C73H54N4O2/c1-47-64(21-11-23-67(47)78)56-27-25-49(26-28-56)46-74-48(2)59-17-9-18-60(43-59)54-37-33-52(34-38-54)50-29-31-51(32-30-50)53-35-39-55(40-36-53)61-41-42-68-66(45-61)70-65(22-12-24-69(70)79-68)62-19-10-20-63(44-62)73-76-71(57-13-5-3-6-14-57)75-72(77-73)58-15-7-4-8-16-58/h3-7,9-13,15,17-46,57,78H,2,8,14,16H2,1H3/b74-46+. The van der Waals surface area contributed by atoms with Gasteiger partial charge < -0.3 is 9.52 Å². The van der Waals surface area contributed by atoms with Crippen molar-refractivity contribution in [2.45, 2.75) is 32.1 Å². The van der Waals surface area contributed by atoms with Crippen molar-refractivity contribution in [3.8, 4) is 83.9 Å². The summed E-state index contributed by atoms with van der Waals surface area (Å²) in [5.41, 5.74) is 20.6. The SMILES string of the molecule is C=C(/N=C/c1ccc(-c2cccc(O)c2C)cc1)c1cccc(-c2ccc(-c3ccc(-c4ccc(-c5ccc6oc7cccc(-c8cccc(-c9nc(C%10=CC=CCC%10)nc(C%10C=CC=CC%10)n9)c8)c7c6c5)cc4)cc3)cc2)c1. The van der Waals surface area contributed by atoms with Crippen LogP contribution in [0.25, 0.3) is 111 Å². The van der Waals surface area contributed by atoms with Gasteiger partial charge in [0.2, 0.25) is 0 Å². The van der Waals surface area contributed by atoms with Crippen LogP contribution in [0, 0.1) is 6.92 Å². The van der Waals surface area contributed by atoms with E-state index in [0.29, 0.717) is 17.3 Å². The second-order valence-electron chi connectivity index (χ2n) is 20.3. The molecule has 0 radical (unpaired) electrons. The summed E-state index contributed by atoms with van der Waals surface area (Å²) in [6.45, 7) is 6.21. The van der Waals surface area contributed by atoms with Crippen LogP contribution in [0.1, 0.15) is 53.5 Å². The van der Waals surface area contributed by atoms with Crippen LogP contribution in [0.2, 0.25) is 0 Å². The van der Waals surface area contributed by atoms with E-state index in [1.807, 2.05) is 43.5 Å². The number of phenols is 1. The van der Waals surface area contributed by atoms with E-state index in [9.17, 15) is 5.11 Å². The number of allylic oxidation sites excluding steroid dienone is 8. The molecule has 2 aromatic heterocycles. The monoisotopic (exact) mass is 1020 g/mol. The third-order valence-corrected chi connectivity index (χ3v) is 15.3. The van der Waals surface area contributed by atoms with Crippen molar-refractivity contribution in [2.75, 3.05) is 0 Å². The average molecular weight is 1020 g/mol. The van der Waals surface area contributed by atoms with E-state index in [2.05, 4.69) is 213 Å². The molecule has 9 aromatic carbocycles. The maximum atomic E-state index is 10.2. The summed E-state index contributed by atoms with van der Waals surface area (Å²) in [7, 11) is 0. The van der Waals surface area contributed by atoms with Gasteiger partial charge in [-0.1, -0.05) is 213 Å². The number of hydrogen-bond acceptors (Lipinski definition) is 6. The Balaban J connectivity index is 0.702. The quantitative estimate of drug-likeness (QED) is 0.123. The van der Waals surface area contributed by atoms with Crippen molar-refractivity contribution < 1.29 is 9.52 Å². The Kier molecular flexibility index (Phi) is 13.0. The Bertz CT molecular complexity index is 4290. The number of rotatable bonds is 12. The summed E-state index contributed by atoms with van der Waals surface area (Å²) < 4.78 is 6.51. The van der Waals surface area contributed by atoms with Crippen LogP contribution < -0.4 is 0 Å². The number of phenolic OH excluding ortho intramolecular Hbond substituents is 1. The molecule has 1 atom stereocenters. The highest BCUT2D eigenvalue weighted by atomic mass is 16.3. The molecule has 6 heteroatoms. The number of hydrogen-bond donors (Lipinski definition) is 1. The molecule has 79 heavy (non-hydrogen) atoms. The van der Waals surface area contributed by atoms with Gasteiger partial charge in [0, 0.05) is 34.0 Å². The van der Waals surface area contributed by atoms with Crippen LogP contribution in [-0.2, 0) is 0 Å². The van der Waals surface area contributed by atoms with E-state index >= 15 is 0 Å². The summed E-state index contributed by atoms with van der Waals surface area (Å²) in [6, 6.07) is 69.9. The molecule has 0 aliphatic heterocycles. The largest absolute Gasteiger partial charge is 0.508 e. The molecule has 0 amide bonds. The number of fused-ring (bicyclic) bond motifs is 3. The zero-order valence-corrected chi connectivity index (χ0v) is 43.7. The Morgan fingerprint density at radius 2 is 1.15 bits per heavy atom. The van der Waals surface area contributed by atoms with Gasteiger partial charge in [0.05, 0.1) is 5.70 Å². The highest BCUT2D eigenvalue weighted by Gasteiger charge is 2.20. The van der Waals surface area contributed by atoms with Gasteiger partial charge in [0.25, 0.3) is 0 Å². The molecular formula is C73H54N4O2. The third-order valence-electron chi connectivity index (χ3n) is 15.3. The molecule has 378 valence electrons. The number of benzene rings is 9. The van der Waals surface area contributed by atoms with Crippen LogP contribution in [0.5, 0.6) is 5.75 Å². The van der Waals surface area contributed by atoms with Gasteiger partial charge in [-0.15, -0.1) is 0 Å². The smallest absolute Gasteiger partial charge is 0.163 e. The summed E-state index contributed by atoms with van der Waals surface area (Å²) in [5, 5.41) is 12.3. The summed E-state index contributed by atoms with van der Waals surface area (Å²) in [6.07, 6.45) is 19.6. The lowest BCUT2D eigenvalue weighted by molar-refractivity contribution is 0.471. The Labute approximate surface area is 460 Å². The van der Waals surface area contributed by atoms with E-state index in [-0.39, 0.29) is 5.92 Å². The van der Waals surface area contributed by atoms with Gasteiger partial charge >= 0.3 is 0 Å². The number of aromatic nitrogens is 3. The van der Waals surface area contributed by atoms with Crippen LogP contribution in [0.3, 0.4) is 0 Å². The molecule has 1 unspecified atom stereocenters.